The summed E-state index contributed by atoms with van der Waals surface area (Å²) in [6.45, 7) is 8.84. The third-order valence-corrected chi connectivity index (χ3v) is 9.33. The van der Waals surface area contributed by atoms with Crippen LogP contribution in [0.5, 0.6) is 5.75 Å². The van der Waals surface area contributed by atoms with E-state index in [-0.39, 0.29) is 23.2 Å². The van der Waals surface area contributed by atoms with E-state index in [2.05, 4.69) is 23.5 Å². The van der Waals surface area contributed by atoms with Gasteiger partial charge in [0.15, 0.2) is 5.13 Å². The number of thiazole rings is 1. The Kier molecular flexibility index (Phi) is 10.8. The molecule has 3 aromatic carbocycles. The fraction of sp³-hybridized carbons (Fsp3) is 0.286. The van der Waals surface area contributed by atoms with Gasteiger partial charge < -0.3 is 9.64 Å². The van der Waals surface area contributed by atoms with Gasteiger partial charge in [0, 0.05) is 24.3 Å². The number of fused-ring (bicyclic) bond motifs is 1. The van der Waals surface area contributed by atoms with Crippen molar-refractivity contribution in [3.8, 4) is 5.75 Å². The lowest BCUT2D eigenvalue weighted by Crippen LogP contribution is -2.38. The van der Waals surface area contributed by atoms with Crippen molar-refractivity contribution < 1.29 is 17.9 Å². The minimum Gasteiger partial charge on any atom is -0.494 e. The highest BCUT2D eigenvalue weighted by Crippen LogP contribution is 2.39. The molecule has 1 heterocycles. The van der Waals surface area contributed by atoms with E-state index in [1.54, 1.807) is 72.7 Å². The monoisotopic (exact) mass is 622 g/mol. The first-order valence-corrected chi connectivity index (χ1v) is 15.2. The highest BCUT2D eigenvalue weighted by Gasteiger charge is 2.24. The number of nitrogens with zero attached hydrogens (tertiary/aromatic N) is 3. The van der Waals surface area contributed by atoms with E-state index in [1.807, 2.05) is 6.92 Å². The molecule has 8 nitrogen and oxygen atoms in total. The molecule has 40 heavy (non-hydrogen) atoms. The van der Waals surface area contributed by atoms with Crippen molar-refractivity contribution in [2.75, 3.05) is 42.9 Å². The topological polar surface area (TPSA) is 91.8 Å². The number of benzene rings is 3. The smallest absolute Gasteiger partial charge is 0.261 e. The van der Waals surface area contributed by atoms with Crippen molar-refractivity contribution in [1.29, 1.82) is 0 Å². The van der Waals surface area contributed by atoms with Crippen LogP contribution in [0.15, 0.2) is 65.6 Å². The molecule has 0 radical (unpaired) electrons. The van der Waals surface area contributed by atoms with Crippen LogP contribution >= 0.6 is 35.3 Å². The summed E-state index contributed by atoms with van der Waals surface area (Å²) in [5.41, 5.74) is 2.34. The summed E-state index contributed by atoms with van der Waals surface area (Å²) in [7, 11) is -2.19. The lowest BCUT2D eigenvalue weighted by Gasteiger charge is -2.24. The number of sulfonamides is 1. The number of rotatable bonds is 11. The van der Waals surface area contributed by atoms with E-state index < -0.39 is 10.0 Å². The summed E-state index contributed by atoms with van der Waals surface area (Å²) in [5.74, 6) is 0.336. The van der Waals surface area contributed by atoms with E-state index in [0.717, 1.165) is 23.4 Å². The zero-order valence-corrected chi connectivity index (χ0v) is 25.9. The first-order valence-electron chi connectivity index (χ1n) is 12.5. The number of amides is 1. The van der Waals surface area contributed by atoms with Gasteiger partial charge in [-0.1, -0.05) is 54.5 Å². The zero-order chi connectivity index (χ0) is 28.2. The number of hydrogen-bond acceptors (Lipinski definition) is 7. The molecule has 0 aliphatic heterocycles. The normalized spacial score (nSPS) is 11.3. The maximum Gasteiger partial charge on any atom is 0.261 e. The second-order valence-corrected chi connectivity index (χ2v) is 12.0. The molecule has 0 spiro atoms. The van der Waals surface area contributed by atoms with Gasteiger partial charge in [-0.15, -0.1) is 12.4 Å². The summed E-state index contributed by atoms with van der Waals surface area (Å²) in [4.78, 5) is 22.5. The van der Waals surface area contributed by atoms with Crippen LogP contribution in [0.2, 0.25) is 5.02 Å². The van der Waals surface area contributed by atoms with E-state index in [1.165, 1.54) is 11.3 Å². The largest absolute Gasteiger partial charge is 0.494 e. The number of nitrogens with one attached hydrogen (secondary N) is 1. The van der Waals surface area contributed by atoms with Crippen LogP contribution < -0.4 is 14.4 Å². The second-order valence-electron chi connectivity index (χ2n) is 8.90. The Morgan fingerprint density at radius 1 is 1.00 bits per heavy atom. The number of methoxy groups -OCH3 is 1. The minimum absolute atomic E-state index is 0. The average Bonchev–Trinajstić information content (AvgIpc) is 3.38. The van der Waals surface area contributed by atoms with Gasteiger partial charge in [-0.3, -0.25) is 14.4 Å². The number of aromatic nitrogens is 1. The molecule has 1 N–H and O–H groups in total. The Bertz CT molecular complexity index is 1560. The van der Waals surface area contributed by atoms with Crippen LogP contribution in [0, 0.1) is 6.92 Å². The summed E-state index contributed by atoms with van der Waals surface area (Å²) < 4.78 is 34.3. The van der Waals surface area contributed by atoms with Gasteiger partial charge in [0.1, 0.15) is 11.3 Å². The van der Waals surface area contributed by atoms with Crippen molar-refractivity contribution in [2.45, 2.75) is 25.7 Å². The maximum atomic E-state index is 13.8. The highest BCUT2D eigenvalue weighted by atomic mass is 35.5. The van der Waals surface area contributed by atoms with Crippen molar-refractivity contribution in [3.63, 3.8) is 0 Å². The minimum atomic E-state index is -3.76. The third kappa shape index (κ3) is 7.05. The summed E-state index contributed by atoms with van der Waals surface area (Å²) in [5, 5.41) is 1.05. The van der Waals surface area contributed by atoms with Crippen LogP contribution in [0.25, 0.3) is 10.2 Å². The molecule has 1 aromatic heterocycles. The molecule has 0 bridgehead atoms. The predicted molar refractivity (Wildman–Crippen MR) is 166 cm³/mol. The van der Waals surface area contributed by atoms with Crippen LogP contribution in [-0.2, 0) is 10.0 Å². The Labute approximate surface area is 250 Å². The van der Waals surface area contributed by atoms with Gasteiger partial charge in [0.25, 0.3) is 15.9 Å². The molecule has 0 unspecified atom stereocenters. The molecule has 1 amide bonds. The van der Waals surface area contributed by atoms with Gasteiger partial charge in [-0.2, -0.15) is 0 Å². The molecule has 0 saturated carbocycles. The standard InChI is InChI=1S/C28H31ClN4O4S2.ClH/c1-5-32(6-2)17-18-33(28-30-25-24(37-4)16-15-23(29)26(25)38-28)27(34)20-9-11-21(12-10-20)31-39(35,36)22-13-7-19(3)8-14-22;/h7-16,31H,5-6,17-18H2,1-4H3;1H. The lowest BCUT2D eigenvalue weighted by molar-refractivity contribution is 0.0984. The highest BCUT2D eigenvalue weighted by molar-refractivity contribution is 7.92. The van der Waals surface area contributed by atoms with E-state index in [0.29, 0.717) is 45.8 Å². The summed E-state index contributed by atoms with van der Waals surface area (Å²) in [6.07, 6.45) is 0. The van der Waals surface area contributed by atoms with Crippen LogP contribution in [0.4, 0.5) is 10.8 Å². The van der Waals surface area contributed by atoms with Gasteiger partial charge in [0.05, 0.1) is 21.7 Å². The molecule has 0 fully saturated rings. The first-order chi connectivity index (χ1) is 18.7. The summed E-state index contributed by atoms with van der Waals surface area (Å²) in [6, 6.07) is 16.5. The van der Waals surface area contributed by atoms with E-state index in [9.17, 15) is 13.2 Å². The fourth-order valence-corrected chi connectivity index (χ4v) is 6.39. The number of halogens is 2. The molecule has 4 rings (SSSR count). The quantitative estimate of drug-likeness (QED) is 0.206. The fourth-order valence-electron chi connectivity index (χ4n) is 4.05. The molecule has 4 aromatic rings. The Hall–Kier alpha value is -2.89. The molecule has 0 atom stereocenters. The molecule has 214 valence electrons. The maximum absolute atomic E-state index is 13.8. The molecular formula is C28H32Cl2N4O4S2. The van der Waals surface area contributed by atoms with Crippen molar-refractivity contribution in [2.24, 2.45) is 0 Å². The van der Waals surface area contributed by atoms with Crippen LogP contribution in [-0.4, -0.2) is 57.5 Å². The van der Waals surface area contributed by atoms with E-state index >= 15 is 0 Å². The van der Waals surface area contributed by atoms with Gasteiger partial charge in [-0.05, 0) is 68.5 Å². The number of carbonyl (C=O) groups excluding carboxylic acids is 1. The Morgan fingerprint density at radius 2 is 1.65 bits per heavy atom. The van der Waals surface area contributed by atoms with Crippen LogP contribution in [0.3, 0.4) is 0 Å². The van der Waals surface area contributed by atoms with Crippen molar-refractivity contribution in [3.05, 3.63) is 76.8 Å². The van der Waals surface area contributed by atoms with E-state index in [4.69, 9.17) is 21.3 Å². The number of likely N-dealkylation sites (N-methyl/N-ethyl adjacent to an activating group) is 1. The second kappa shape index (κ2) is 13.6. The number of hydrogen-bond donors (Lipinski definition) is 1. The SMILES string of the molecule is CCN(CC)CCN(C(=O)c1ccc(NS(=O)(=O)c2ccc(C)cc2)cc1)c1nc2c(OC)ccc(Cl)c2s1.Cl. The Balaban J connectivity index is 0.00000441. The van der Waals surface area contributed by atoms with Gasteiger partial charge >= 0.3 is 0 Å². The molecular weight excluding hydrogens is 591 g/mol. The number of aryl methyl sites for hydroxylation is 1. The van der Waals surface area contributed by atoms with Crippen molar-refractivity contribution >= 4 is 72.3 Å². The van der Waals surface area contributed by atoms with Gasteiger partial charge in [0.2, 0.25) is 0 Å². The molecule has 12 heteroatoms. The lowest BCUT2D eigenvalue weighted by atomic mass is 10.2. The zero-order valence-electron chi connectivity index (χ0n) is 22.7. The van der Waals surface area contributed by atoms with Crippen LogP contribution in [0.1, 0.15) is 29.8 Å². The first kappa shape index (κ1) is 31.6. The summed E-state index contributed by atoms with van der Waals surface area (Å²) >= 11 is 7.78. The number of anilines is 2. The Morgan fingerprint density at radius 3 is 2.25 bits per heavy atom. The molecule has 0 aliphatic carbocycles. The number of ether oxygens (including phenoxy) is 1. The average molecular weight is 624 g/mol. The molecule has 0 aliphatic rings. The molecule has 0 saturated heterocycles. The number of carbonyl (C=O) groups is 1. The van der Waals surface area contributed by atoms with Crippen molar-refractivity contribution in [1.82, 2.24) is 9.88 Å². The van der Waals surface area contributed by atoms with Gasteiger partial charge in [-0.25, -0.2) is 13.4 Å². The third-order valence-electron chi connectivity index (χ3n) is 6.39. The predicted octanol–water partition coefficient (Wildman–Crippen LogP) is 6.48.